The van der Waals surface area contributed by atoms with E-state index in [9.17, 15) is 4.79 Å². The number of hydrogen-bond acceptors (Lipinski definition) is 3. The largest absolute Gasteiger partial charge is 0.481 e. The van der Waals surface area contributed by atoms with E-state index >= 15 is 0 Å². The van der Waals surface area contributed by atoms with E-state index in [2.05, 4.69) is 4.90 Å². The SMILES string of the molecule is COCC1CCN(CCCCC(=O)O)CC1. The van der Waals surface area contributed by atoms with Gasteiger partial charge in [0.2, 0.25) is 0 Å². The van der Waals surface area contributed by atoms with Crippen LogP contribution in [0.15, 0.2) is 0 Å². The first-order chi connectivity index (χ1) is 7.72. The summed E-state index contributed by atoms with van der Waals surface area (Å²) < 4.78 is 5.16. The number of hydrogen-bond donors (Lipinski definition) is 1. The number of nitrogens with zero attached hydrogens (tertiary/aromatic N) is 1. The lowest BCUT2D eigenvalue weighted by molar-refractivity contribution is -0.137. The minimum atomic E-state index is -0.682. The molecule has 16 heavy (non-hydrogen) atoms. The van der Waals surface area contributed by atoms with Crippen LogP contribution in [0.3, 0.4) is 0 Å². The van der Waals surface area contributed by atoms with E-state index < -0.39 is 5.97 Å². The molecule has 1 aliphatic rings. The van der Waals surface area contributed by atoms with Crippen LogP contribution in [0.25, 0.3) is 0 Å². The lowest BCUT2D eigenvalue weighted by Crippen LogP contribution is -2.35. The third-order valence-electron chi connectivity index (χ3n) is 3.22. The fourth-order valence-electron chi connectivity index (χ4n) is 2.22. The average Bonchev–Trinajstić information content (AvgIpc) is 2.27. The fourth-order valence-corrected chi connectivity index (χ4v) is 2.22. The second-order valence-corrected chi connectivity index (χ2v) is 4.59. The molecule has 0 atom stereocenters. The van der Waals surface area contributed by atoms with Gasteiger partial charge in [0, 0.05) is 20.1 Å². The summed E-state index contributed by atoms with van der Waals surface area (Å²) in [6.45, 7) is 4.21. The van der Waals surface area contributed by atoms with Crippen molar-refractivity contribution in [1.29, 1.82) is 0 Å². The third-order valence-corrected chi connectivity index (χ3v) is 3.22. The van der Waals surface area contributed by atoms with Gasteiger partial charge in [0.05, 0.1) is 0 Å². The molecule has 0 amide bonds. The Kier molecular flexibility index (Phi) is 6.42. The molecule has 1 rings (SSSR count). The number of likely N-dealkylation sites (tertiary alicyclic amines) is 1. The Morgan fingerprint density at radius 2 is 2.06 bits per heavy atom. The molecular weight excluding hydrogens is 206 g/mol. The van der Waals surface area contributed by atoms with Crippen LogP contribution in [-0.2, 0) is 9.53 Å². The normalized spacial score (nSPS) is 18.8. The number of aliphatic carboxylic acids is 1. The van der Waals surface area contributed by atoms with Crippen LogP contribution in [0.2, 0.25) is 0 Å². The first-order valence-electron chi connectivity index (χ1n) is 6.15. The zero-order valence-electron chi connectivity index (χ0n) is 10.2. The molecule has 0 aromatic heterocycles. The lowest BCUT2D eigenvalue weighted by atomic mass is 9.97. The van der Waals surface area contributed by atoms with Crippen LogP contribution < -0.4 is 0 Å². The molecule has 1 N–H and O–H groups in total. The van der Waals surface area contributed by atoms with Gasteiger partial charge in [-0.2, -0.15) is 0 Å². The van der Waals surface area contributed by atoms with Crippen molar-refractivity contribution in [3.05, 3.63) is 0 Å². The highest BCUT2D eigenvalue weighted by Crippen LogP contribution is 2.17. The maximum atomic E-state index is 10.3. The molecule has 0 unspecified atom stereocenters. The fraction of sp³-hybridized carbons (Fsp3) is 0.917. The smallest absolute Gasteiger partial charge is 0.303 e. The van der Waals surface area contributed by atoms with Gasteiger partial charge in [0.25, 0.3) is 0 Å². The third kappa shape index (κ3) is 5.47. The molecule has 1 saturated heterocycles. The van der Waals surface area contributed by atoms with Gasteiger partial charge in [-0.1, -0.05) is 0 Å². The lowest BCUT2D eigenvalue weighted by Gasteiger charge is -2.31. The molecule has 0 aromatic rings. The standard InChI is InChI=1S/C12H23NO3/c1-16-10-11-5-8-13(9-6-11)7-3-2-4-12(14)15/h11H,2-10H2,1H3,(H,14,15). The Labute approximate surface area is 97.6 Å². The highest BCUT2D eigenvalue weighted by Gasteiger charge is 2.18. The van der Waals surface area contributed by atoms with E-state index in [0.29, 0.717) is 6.42 Å². The first-order valence-corrected chi connectivity index (χ1v) is 6.15. The summed E-state index contributed by atoms with van der Waals surface area (Å²) >= 11 is 0. The number of methoxy groups -OCH3 is 1. The number of rotatable bonds is 7. The van der Waals surface area contributed by atoms with Gasteiger partial charge in [0.15, 0.2) is 0 Å². The van der Waals surface area contributed by atoms with Crippen LogP contribution in [0.4, 0.5) is 0 Å². The van der Waals surface area contributed by atoms with Crippen LogP contribution >= 0.6 is 0 Å². The topological polar surface area (TPSA) is 49.8 Å². The molecule has 4 heteroatoms. The number of carboxylic acid groups (broad SMARTS) is 1. The van der Waals surface area contributed by atoms with Crippen molar-refractivity contribution in [2.24, 2.45) is 5.92 Å². The molecule has 1 heterocycles. The predicted octanol–water partition coefficient (Wildman–Crippen LogP) is 1.60. The second-order valence-electron chi connectivity index (χ2n) is 4.59. The van der Waals surface area contributed by atoms with Crippen LogP contribution in [0.5, 0.6) is 0 Å². The van der Waals surface area contributed by atoms with E-state index in [-0.39, 0.29) is 0 Å². The number of carbonyl (C=O) groups is 1. The summed E-state index contributed by atoms with van der Waals surface area (Å²) in [4.78, 5) is 12.8. The molecule has 0 aromatic carbocycles. The summed E-state index contributed by atoms with van der Waals surface area (Å²) in [5.41, 5.74) is 0. The molecule has 0 bridgehead atoms. The van der Waals surface area contributed by atoms with Crippen molar-refractivity contribution in [1.82, 2.24) is 4.90 Å². The van der Waals surface area contributed by atoms with Crippen LogP contribution in [0.1, 0.15) is 32.1 Å². The van der Waals surface area contributed by atoms with Gasteiger partial charge >= 0.3 is 5.97 Å². The summed E-state index contributed by atoms with van der Waals surface area (Å²) in [7, 11) is 1.76. The van der Waals surface area contributed by atoms with Gasteiger partial charge in [-0.3, -0.25) is 4.79 Å². The molecular formula is C12H23NO3. The minimum Gasteiger partial charge on any atom is -0.481 e. The number of ether oxygens (including phenoxy) is 1. The summed E-state index contributed by atoms with van der Waals surface area (Å²) in [5.74, 6) is 0.0408. The molecule has 94 valence electrons. The summed E-state index contributed by atoms with van der Waals surface area (Å²) in [5, 5.41) is 8.52. The maximum absolute atomic E-state index is 10.3. The van der Waals surface area contributed by atoms with Crippen molar-refractivity contribution in [2.75, 3.05) is 33.4 Å². The number of piperidine rings is 1. The Hall–Kier alpha value is -0.610. The molecule has 0 aliphatic carbocycles. The van der Waals surface area contributed by atoms with Crippen molar-refractivity contribution in [3.8, 4) is 0 Å². The van der Waals surface area contributed by atoms with E-state index in [4.69, 9.17) is 9.84 Å². The summed E-state index contributed by atoms with van der Waals surface area (Å²) in [6, 6.07) is 0. The van der Waals surface area contributed by atoms with Gasteiger partial charge in [-0.15, -0.1) is 0 Å². The Morgan fingerprint density at radius 3 is 2.62 bits per heavy atom. The highest BCUT2D eigenvalue weighted by molar-refractivity contribution is 5.66. The minimum absolute atomic E-state index is 0.306. The monoisotopic (exact) mass is 229 g/mol. The van der Waals surface area contributed by atoms with Gasteiger partial charge < -0.3 is 14.7 Å². The zero-order valence-corrected chi connectivity index (χ0v) is 10.2. The van der Waals surface area contributed by atoms with Crippen molar-refractivity contribution in [2.45, 2.75) is 32.1 Å². The van der Waals surface area contributed by atoms with E-state index in [1.54, 1.807) is 7.11 Å². The van der Waals surface area contributed by atoms with E-state index in [1.807, 2.05) is 0 Å². The van der Waals surface area contributed by atoms with E-state index in [1.165, 1.54) is 12.8 Å². The van der Waals surface area contributed by atoms with Crippen molar-refractivity contribution in [3.63, 3.8) is 0 Å². The number of unbranched alkanes of at least 4 members (excludes halogenated alkanes) is 1. The quantitative estimate of drug-likeness (QED) is 0.674. The maximum Gasteiger partial charge on any atom is 0.303 e. The molecule has 4 nitrogen and oxygen atoms in total. The predicted molar refractivity (Wildman–Crippen MR) is 62.5 cm³/mol. The first kappa shape index (κ1) is 13.5. The molecule has 0 saturated carbocycles. The highest BCUT2D eigenvalue weighted by atomic mass is 16.5. The summed E-state index contributed by atoms with van der Waals surface area (Å²) in [6.07, 6.45) is 4.54. The molecule has 0 spiro atoms. The second kappa shape index (κ2) is 7.63. The van der Waals surface area contributed by atoms with Gasteiger partial charge in [-0.25, -0.2) is 0 Å². The van der Waals surface area contributed by atoms with Gasteiger partial charge in [0.1, 0.15) is 0 Å². The zero-order chi connectivity index (χ0) is 11.8. The van der Waals surface area contributed by atoms with Crippen LogP contribution in [0, 0.1) is 5.92 Å². The van der Waals surface area contributed by atoms with E-state index in [0.717, 1.165) is 45.0 Å². The van der Waals surface area contributed by atoms with Crippen molar-refractivity contribution >= 4 is 5.97 Å². The Balaban J connectivity index is 2.01. The van der Waals surface area contributed by atoms with Crippen LogP contribution in [-0.4, -0.2) is 49.3 Å². The number of carboxylic acids is 1. The van der Waals surface area contributed by atoms with Crippen molar-refractivity contribution < 1.29 is 14.6 Å². The van der Waals surface area contributed by atoms with Gasteiger partial charge in [-0.05, 0) is 51.2 Å². The molecule has 0 radical (unpaired) electrons. The molecule has 1 aliphatic heterocycles. The Morgan fingerprint density at radius 1 is 1.38 bits per heavy atom. The molecule has 1 fully saturated rings. The Bertz CT molecular complexity index is 200. The average molecular weight is 229 g/mol.